The maximum Gasteiger partial charge on any atom is 0.191 e. The molecule has 1 fully saturated rings. The molecule has 1 saturated heterocycles. The smallest absolute Gasteiger partial charge is 0.191 e. The zero-order valence-corrected chi connectivity index (χ0v) is 19.6. The van der Waals surface area contributed by atoms with Gasteiger partial charge >= 0.3 is 0 Å². The molecule has 1 aromatic heterocycles. The molecule has 1 aliphatic heterocycles. The summed E-state index contributed by atoms with van der Waals surface area (Å²) in [6, 6.07) is 9.31. The second-order valence-electron chi connectivity index (χ2n) is 7.18. The number of aliphatic imine (C=N–C) groups is 1. The highest BCUT2D eigenvalue weighted by molar-refractivity contribution is 14.0. The lowest BCUT2D eigenvalue weighted by atomic mass is 10.1. The van der Waals surface area contributed by atoms with E-state index in [2.05, 4.69) is 49.6 Å². The molecular weight excluding hydrogens is 482 g/mol. The first kappa shape index (κ1) is 23.3. The van der Waals surface area contributed by atoms with Crippen molar-refractivity contribution in [1.29, 1.82) is 0 Å². The van der Waals surface area contributed by atoms with Gasteiger partial charge < -0.3 is 20.4 Å². The standard InChI is InChI=1S/C21H29FN6.HI/c1-16-12-17(4-6-19(16)22)13-25-21(23-2)26-15-18-5-7-20(24-14-18)28-10-8-27(3)9-11-28;/h4-7,12,14H,8-11,13,15H2,1-3H3,(H2,23,25,26);1H. The van der Waals surface area contributed by atoms with Crippen LogP contribution >= 0.6 is 24.0 Å². The van der Waals surface area contributed by atoms with Crippen LogP contribution in [0.25, 0.3) is 0 Å². The molecule has 0 amide bonds. The molecule has 0 atom stereocenters. The molecule has 3 rings (SSSR count). The Balaban J connectivity index is 0.00000300. The minimum absolute atomic E-state index is 0. The summed E-state index contributed by atoms with van der Waals surface area (Å²) in [7, 11) is 3.89. The Labute approximate surface area is 189 Å². The fourth-order valence-electron chi connectivity index (χ4n) is 3.15. The van der Waals surface area contributed by atoms with Gasteiger partial charge in [-0.3, -0.25) is 4.99 Å². The molecule has 29 heavy (non-hydrogen) atoms. The van der Waals surface area contributed by atoms with Crippen molar-refractivity contribution < 1.29 is 4.39 Å². The summed E-state index contributed by atoms with van der Waals surface area (Å²) in [5.41, 5.74) is 2.76. The van der Waals surface area contributed by atoms with Gasteiger partial charge in [0.2, 0.25) is 0 Å². The molecular formula is C21H30FIN6. The van der Waals surface area contributed by atoms with E-state index >= 15 is 0 Å². The number of halogens is 2. The second-order valence-corrected chi connectivity index (χ2v) is 7.18. The Kier molecular flexibility index (Phi) is 9.09. The fourth-order valence-corrected chi connectivity index (χ4v) is 3.15. The molecule has 8 heteroatoms. The molecule has 158 valence electrons. The quantitative estimate of drug-likeness (QED) is 0.367. The Morgan fingerprint density at radius 2 is 1.72 bits per heavy atom. The number of nitrogens with zero attached hydrogens (tertiary/aromatic N) is 4. The number of hydrogen-bond acceptors (Lipinski definition) is 4. The number of rotatable bonds is 5. The van der Waals surface area contributed by atoms with Crippen molar-refractivity contribution in [3.8, 4) is 0 Å². The van der Waals surface area contributed by atoms with Crippen LogP contribution in [0.4, 0.5) is 10.2 Å². The van der Waals surface area contributed by atoms with Crippen LogP contribution in [0.2, 0.25) is 0 Å². The third kappa shape index (κ3) is 6.81. The summed E-state index contributed by atoms with van der Waals surface area (Å²) in [6.45, 7) is 7.16. The van der Waals surface area contributed by atoms with Crippen LogP contribution in [-0.4, -0.2) is 56.1 Å². The lowest BCUT2D eigenvalue weighted by molar-refractivity contribution is 0.312. The zero-order valence-electron chi connectivity index (χ0n) is 17.3. The summed E-state index contributed by atoms with van der Waals surface area (Å²) >= 11 is 0. The second kappa shape index (κ2) is 11.3. The largest absolute Gasteiger partial charge is 0.354 e. The molecule has 0 unspecified atom stereocenters. The van der Waals surface area contributed by atoms with Crippen LogP contribution in [0.5, 0.6) is 0 Å². The van der Waals surface area contributed by atoms with Crippen LogP contribution in [0.1, 0.15) is 16.7 Å². The normalized spacial score (nSPS) is 15.0. The average molecular weight is 512 g/mol. The summed E-state index contributed by atoms with van der Waals surface area (Å²) in [5, 5.41) is 6.54. The summed E-state index contributed by atoms with van der Waals surface area (Å²) < 4.78 is 13.4. The predicted octanol–water partition coefficient (Wildman–Crippen LogP) is 2.76. The molecule has 0 spiro atoms. The summed E-state index contributed by atoms with van der Waals surface area (Å²) in [4.78, 5) is 13.5. The van der Waals surface area contributed by atoms with E-state index in [1.54, 1.807) is 20.0 Å². The highest BCUT2D eigenvalue weighted by Gasteiger charge is 2.14. The van der Waals surface area contributed by atoms with E-state index in [9.17, 15) is 4.39 Å². The topological polar surface area (TPSA) is 55.8 Å². The molecule has 2 N–H and O–H groups in total. The highest BCUT2D eigenvalue weighted by Crippen LogP contribution is 2.13. The molecule has 2 aromatic rings. The van der Waals surface area contributed by atoms with Gasteiger partial charge in [0.15, 0.2) is 5.96 Å². The highest BCUT2D eigenvalue weighted by atomic mass is 127. The van der Waals surface area contributed by atoms with E-state index in [1.807, 2.05) is 12.3 Å². The summed E-state index contributed by atoms with van der Waals surface area (Å²) in [6.07, 6.45) is 1.91. The van der Waals surface area contributed by atoms with Gasteiger partial charge in [0.25, 0.3) is 0 Å². The van der Waals surface area contributed by atoms with Crippen molar-refractivity contribution in [2.45, 2.75) is 20.0 Å². The number of nitrogens with one attached hydrogen (secondary N) is 2. The minimum atomic E-state index is -0.182. The van der Waals surface area contributed by atoms with E-state index in [0.29, 0.717) is 24.6 Å². The lowest BCUT2D eigenvalue weighted by Gasteiger charge is -2.33. The maximum absolute atomic E-state index is 13.4. The Morgan fingerprint density at radius 3 is 2.31 bits per heavy atom. The predicted molar refractivity (Wildman–Crippen MR) is 128 cm³/mol. The van der Waals surface area contributed by atoms with Gasteiger partial charge in [-0.1, -0.05) is 18.2 Å². The van der Waals surface area contributed by atoms with Crippen LogP contribution in [0, 0.1) is 12.7 Å². The molecule has 6 nitrogen and oxygen atoms in total. The molecule has 2 heterocycles. The molecule has 1 aromatic carbocycles. The van der Waals surface area contributed by atoms with Gasteiger partial charge in [0, 0.05) is 52.5 Å². The van der Waals surface area contributed by atoms with Crippen LogP contribution in [0.15, 0.2) is 41.5 Å². The molecule has 0 bridgehead atoms. The van der Waals surface area contributed by atoms with Gasteiger partial charge in [-0.2, -0.15) is 0 Å². The lowest BCUT2D eigenvalue weighted by Crippen LogP contribution is -2.44. The van der Waals surface area contributed by atoms with E-state index in [4.69, 9.17) is 0 Å². The van der Waals surface area contributed by atoms with E-state index < -0.39 is 0 Å². The number of pyridine rings is 1. The number of benzene rings is 1. The third-order valence-corrected chi connectivity index (χ3v) is 5.00. The third-order valence-electron chi connectivity index (χ3n) is 5.00. The maximum atomic E-state index is 13.4. The Hall–Kier alpha value is -1.94. The van der Waals surface area contributed by atoms with E-state index in [0.717, 1.165) is 43.1 Å². The van der Waals surface area contributed by atoms with Crippen LogP contribution < -0.4 is 15.5 Å². The van der Waals surface area contributed by atoms with Crippen LogP contribution in [0.3, 0.4) is 0 Å². The first-order chi connectivity index (χ1) is 13.5. The molecule has 1 aliphatic rings. The van der Waals surface area contributed by atoms with Crippen LogP contribution in [-0.2, 0) is 13.1 Å². The van der Waals surface area contributed by atoms with Crippen molar-refractivity contribution in [2.24, 2.45) is 4.99 Å². The number of hydrogen-bond donors (Lipinski definition) is 2. The average Bonchev–Trinajstić information content (AvgIpc) is 2.72. The number of piperazine rings is 1. The monoisotopic (exact) mass is 512 g/mol. The Morgan fingerprint density at radius 1 is 1.07 bits per heavy atom. The molecule has 0 radical (unpaired) electrons. The Bertz CT molecular complexity index is 803. The van der Waals surface area contributed by atoms with E-state index in [-0.39, 0.29) is 29.8 Å². The number of aromatic nitrogens is 1. The first-order valence-electron chi connectivity index (χ1n) is 9.63. The van der Waals surface area contributed by atoms with Gasteiger partial charge in [-0.05, 0) is 42.8 Å². The number of likely N-dealkylation sites (N-methyl/N-ethyl adjacent to an activating group) is 1. The molecule has 0 saturated carbocycles. The van der Waals surface area contributed by atoms with Crippen molar-refractivity contribution in [1.82, 2.24) is 20.5 Å². The van der Waals surface area contributed by atoms with E-state index in [1.165, 1.54) is 6.07 Å². The molecule has 0 aliphatic carbocycles. The van der Waals surface area contributed by atoms with Gasteiger partial charge in [-0.25, -0.2) is 9.37 Å². The van der Waals surface area contributed by atoms with Gasteiger partial charge in [0.1, 0.15) is 11.6 Å². The van der Waals surface area contributed by atoms with Crippen molar-refractivity contribution in [2.75, 3.05) is 45.2 Å². The minimum Gasteiger partial charge on any atom is -0.354 e. The number of anilines is 1. The zero-order chi connectivity index (χ0) is 19.9. The van der Waals surface area contributed by atoms with Crippen molar-refractivity contribution in [3.63, 3.8) is 0 Å². The number of guanidine groups is 1. The SMILES string of the molecule is CN=C(NCc1ccc(N2CCN(C)CC2)nc1)NCc1ccc(F)c(C)c1.I. The van der Waals surface area contributed by atoms with Crippen molar-refractivity contribution in [3.05, 3.63) is 59.0 Å². The van der Waals surface area contributed by atoms with Crippen molar-refractivity contribution >= 4 is 35.8 Å². The van der Waals surface area contributed by atoms with Gasteiger partial charge in [-0.15, -0.1) is 24.0 Å². The van der Waals surface area contributed by atoms with Gasteiger partial charge in [0.05, 0.1) is 0 Å². The first-order valence-corrected chi connectivity index (χ1v) is 9.63. The summed E-state index contributed by atoms with van der Waals surface area (Å²) in [5.74, 6) is 1.55. The fraction of sp³-hybridized carbons (Fsp3) is 0.429. The number of aryl methyl sites for hydroxylation is 1.